The largest absolute Gasteiger partial charge is 0.491 e. The van der Waals surface area contributed by atoms with Crippen molar-refractivity contribution in [3.05, 3.63) is 59.2 Å². The molecule has 1 amide bonds. The Hall–Kier alpha value is -1.94. The van der Waals surface area contributed by atoms with Gasteiger partial charge in [0.15, 0.2) is 0 Å². The first-order valence-corrected chi connectivity index (χ1v) is 8.80. The molecule has 0 aliphatic carbocycles. The molecule has 3 nitrogen and oxygen atoms in total. The van der Waals surface area contributed by atoms with E-state index in [0.29, 0.717) is 13.2 Å². The zero-order chi connectivity index (χ0) is 16.7. The van der Waals surface area contributed by atoms with E-state index in [9.17, 15) is 4.79 Å². The zero-order valence-electron chi connectivity index (χ0n) is 13.9. The predicted molar refractivity (Wildman–Crippen MR) is 96.6 cm³/mol. The van der Waals surface area contributed by atoms with Crippen molar-refractivity contribution in [2.45, 2.75) is 25.7 Å². The monoisotopic (exact) mass is 329 g/mol. The number of hydrogen-bond donors (Lipinski definition) is 1. The summed E-state index contributed by atoms with van der Waals surface area (Å²) in [5.41, 5.74) is 3.00. The van der Waals surface area contributed by atoms with Crippen molar-refractivity contribution in [3.63, 3.8) is 0 Å². The maximum atomic E-state index is 12.3. The Kier molecular flexibility index (Phi) is 6.53. The molecule has 0 spiro atoms. The van der Waals surface area contributed by atoms with Gasteiger partial charge in [-0.2, -0.15) is 0 Å². The van der Waals surface area contributed by atoms with Gasteiger partial charge in [0.05, 0.1) is 12.1 Å². The number of rotatable bonds is 7. The molecule has 2 aromatic carbocycles. The van der Waals surface area contributed by atoms with Gasteiger partial charge in [-0.05, 0) is 48.9 Å². The van der Waals surface area contributed by atoms with Crippen LogP contribution in [-0.4, -0.2) is 24.8 Å². The van der Waals surface area contributed by atoms with Gasteiger partial charge in [-0.3, -0.25) is 4.79 Å². The standard InChI is InChI=1S/C19H23NO2S/c1-4-23-18-8-6-5-7-16(18)19(21)20-11-12-22-17-13-14(2)9-10-15(17)3/h5-10,13H,4,11-12H2,1-3H3,(H,20,21). The molecule has 0 saturated carbocycles. The van der Waals surface area contributed by atoms with Crippen LogP contribution in [0.2, 0.25) is 0 Å². The molecule has 2 rings (SSSR count). The Morgan fingerprint density at radius 3 is 2.74 bits per heavy atom. The van der Waals surface area contributed by atoms with Gasteiger partial charge in [-0.25, -0.2) is 0 Å². The molecular weight excluding hydrogens is 306 g/mol. The summed E-state index contributed by atoms with van der Waals surface area (Å²) in [5.74, 6) is 1.77. The zero-order valence-corrected chi connectivity index (χ0v) is 14.7. The number of carbonyl (C=O) groups is 1. The summed E-state index contributed by atoms with van der Waals surface area (Å²) in [5, 5.41) is 2.92. The third-order valence-corrected chi connectivity index (χ3v) is 4.38. The Bertz CT molecular complexity index is 670. The average molecular weight is 329 g/mol. The van der Waals surface area contributed by atoms with E-state index in [1.807, 2.05) is 50.2 Å². The summed E-state index contributed by atoms with van der Waals surface area (Å²) in [6, 6.07) is 13.8. The van der Waals surface area contributed by atoms with E-state index in [1.165, 1.54) is 5.56 Å². The number of benzene rings is 2. The second-order valence-electron chi connectivity index (χ2n) is 5.30. The molecule has 4 heteroatoms. The molecule has 0 saturated heterocycles. The molecule has 2 aromatic rings. The molecule has 0 unspecified atom stereocenters. The number of amides is 1. The van der Waals surface area contributed by atoms with Crippen molar-refractivity contribution in [3.8, 4) is 5.75 Å². The topological polar surface area (TPSA) is 38.3 Å². The second kappa shape index (κ2) is 8.63. The Morgan fingerprint density at radius 1 is 1.17 bits per heavy atom. The van der Waals surface area contributed by atoms with Crippen molar-refractivity contribution in [1.29, 1.82) is 0 Å². The highest BCUT2D eigenvalue weighted by atomic mass is 32.2. The normalized spacial score (nSPS) is 10.4. The summed E-state index contributed by atoms with van der Waals surface area (Å²) in [6.07, 6.45) is 0. The lowest BCUT2D eigenvalue weighted by Crippen LogP contribution is -2.28. The van der Waals surface area contributed by atoms with Crippen LogP contribution < -0.4 is 10.1 Å². The maximum Gasteiger partial charge on any atom is 0.252 e. The SMILES string of the molecule is CCSc1ccccc1C(=O)NCCOc1cc(C)ccc1C. The smallest absolute Gasteiger partial charge is 0.252 e. The van der Waals surface area contributed by atoms with Crippen LogP contribution in [0.3, 0.4) is 0 Å². The van der Waals surface area contributed by atoms with E-state index in [0.717, 1.165) is 27.5 Å². The van der Waals surface area contributed by atoms with Gasteiger partial charge < -0.3 is 10.1 Å². The number of thioether (sulfide) groups is 1. The molecule has 0 heterocycles. The molecule has 1 N–H and O–H groups in total. The highest BCUT2D eigenvalue weighted by Crippen LogP contribution is 2.22. The van der Waals surface area contributed by atoms with Gasteiger partial charge in [-0.1, -0.05) is 31.2 Å². The Morgan fingerprint density at radius 2 is 1.96 bits per heavy atom. The van der Waals surface area contributed by atoms with Crippen LogP contribution in [0.4, 0.5) is 0 Å². The minimum atomic E-state index is -0.0499. The van der Waals surface area contributed by atoms with Crippen LogP contribution in [0, 0.1) is 13.8 Å². The molecule has 0 aliphatic rings. The third-order valence-electron chi connectivity index (χ3n) is 3.42. The summed E-state index contributed by atoms with van der Waals surface area (Å²) in [7, 11) is 0. The van der Waals surface area contributed by atoms with Crippen molar-refractivity contribution < 1.29 is 9.53 Å². The van der Waals surface area contributed by atoms with Gasteiger partial charge in [0.1, 0.15) is 12.4 Å². The lowest BCUT2D eigenvalue weighted by atomic mass is 10.1. The minimum Gasteiger partial charge on any atom is -0.491 e. The van der Waals surface area contributed by atoms with E-state index < -0.39 is 0 Å². The van der Waals surface area contributed by atoms with Crippen LogP contribution in [0.25, 0.3) is 0 Å². The molecule has 0 fully saturated rings. The van der Waals surface area contributed by atoms with Crippen molar-refractivity contribution >= 4 is 17.7 Å². The van der Waals surface area contributed by atoms with Crippen molar-refractivity contribution in [2.24, 2.45) is 0 Å². The van der Waals surface area contributed by atoms with Crippen LogP contribution in [-0.2, 0) is 0 Å². The van der Waals surface area contributed by atoms with Gasteiger partial charge >= 0.3 is 0 Å². The van der Waals surface area contributed by atoms with E-state index >= 15 is 0 Å². The first-order chi connectivity index (χ1) is 11.1. The molecule has 0 atom stereocenters. The molecule has 0 radical (unpaired) electrons. The van der Waals surface area contributed by atoms with Gasteiger partial charge in [0.2, 0.25) is 0 Å². The van der Waals surface area contributed by atoms with Gasteiger partial charge in [-0.15, -0.1) is 11.8 Å². The highest BCUT2D eigenvalue weighted by molar-refractivity contribution is 7.99. The predicted octanol–water partition coefficient (Wildman–Crippen LogP) is 4.22. The quantitative estimate of drug-likeness (QED) is 0.610. The van der Waals surface area contributed by atoms with E-state index in [2.05, 4.69) is 18.3 Å². The number of hydrogen-bond acceptors (Lipinski definition) is 3. The summed E-state index contributed by atoms with van der Waals surface area (Å²) in [4.78, 5) is 13.3. The molecule has 23 heavy (non-hydrogen) atoms. The van der Waals surface area contributed by atoms with Crippen molar-refractivity contribution in [1.82, 2.24) is 5.32 Å². The molecule has 0 bridgehead atoms. The fourth-order valence-electron chi connectivity index (χ4n) is 2.22. The van der Waals surface area contributed by atoms with Gasteiger partial charge in [0, 0.05) is 4.90 Å². The van der Waals surface area contributed by atoms with Crippen LogP contribution in [0.15, 0.2) is 47.4 Å². The number of aryl methyl sites for hydroxylation is 2. The fraction of sp³-hybridized carbons (Fsp3) is 0.316. The first kappa shape index (κ1) is 17.4. The molecule has 0 aromatic heterocycles. The number of carbonyl (C=O) groups excluding carboxylic acids is 1. The summed E-state index contributed by atoms with van der Waals surface area (Å²) < 4.78 is 5.76. The summed E-state index contributed by atoms with van der Waals surface area (Å²) in [6.45, 7) is 7.08. The van der Waals surface area contributed by atoms with Gasteiger partial charge in [0.25, 0.3) is 5.91 Å². The van der Waals surface area contributed by atoms with Crippen LogP contribution in [0.5, 0.6) is 5.75 Å². The number of nitrogens with one attached hydrogen (secondary N) is 1. The Balaban J connectivity index is 1.87. The second-order valence-corrected chi connectivity index (χ2v) is 6.61. The maximum absolute atomic E-state index is 12.3. The number of ether oxygens (including phenoxy) is 1. The third kappa shape index (κ3) is 5.03. The molecular formula is C19H23NO2S. The van der Waals surface area contributed by atoms with E-state index in [4.69, 9.17) is 4.74 Å². The van der Waals surface area contributed by atoms with Crippen LogP contribution in [0.1, 0.15) is 28.4 Å². The first-order valence-electron chi connectivity index (χ1n) is 7.82. The lowest BCUT2D eigenvalue weighted by molar-refractivity contribution is 0.0944. The average Bonchev–Trinajstić information content (AvgIpc) is 2.55. The fourth-order valence-corrected chi connectivity index (χ4v) is 3.02. The van der Waals surface area contributed by atoms with Crippen molar-refractivity contribution in [2.75, 3.05) is 18.9 Å². The van der Waals surface area contributed by atoms with Crippen LogP contribution >= 0.6 is 11.8 Å². The van der Waals surface area contributed by atoms with E-state index in [1.54, 1.807) is 11.8 Å². The molecule has 0 aliphatic heterocycles. The minimum absolute atomic E-state index is 0.0499. The lowest BCUT2D eigenvalue weighted by Gasteiger charge is -2.12. The van der Waals surface area contributed by atoms with E-state index in [-0.39, 0.29) is 5.91 Å². The Labute approximate surface area is 142 Å². The summed E-state index contributed by atoms with van der Waals surface area (Å²) >= 11 is 1.68. The molecule has 122 valence electrons. The highest BCUT2D eigenvalue weighted by Gasteiger charge is 2.10.